The minimum absolute atomic E-state index is 0.0257. The third kappa shape index (κ3) is 4.47. The zero-order valence-corrected chi connectivity index (χ0v) is 19.8. The van der Waals surface area contributed by atoms with Crippen LogP contribution in [-0.4, -0.2) is 53.0 Å². The van der Waals surface area contributed by atoms with Crippen LogP contribution in [0.1, 0.15) is 49.6 Å². The number of hydrogen-bond acceptors (Lipinski definition) is 6. The Labute approximate surface area is 195 Å². The van der Waals surface area contributed by atoms with Gasteiger partial charge in [0.15, 0.2) is 0 Å². The van der Waals surface area contributed by atoms with E-state index in [9.17, 15) is 4.79 Å². The summed E-state index contributed by atoms with van der Waals surface area (Å²) in [7, 11) is 0. The van der Waals surface area contributed by atoms with E-state index in [4.69, 9.17) is 9.40 Å². The average molecular weight is 448 g/mol. The number of furan rings is 1. The lowest BCUT2D eigenvalue weighted by atomic mass is 9.91. The van der Waals surface area contributed by atoms with Crippen molar-refractivity contribution in [2.45, 2.75) is 52.1 Å². The number of carbonyl (C=O) groups is 1. The normalized spacial score (nSPS) is 21.4. The number of aromatic nitrogens is 2. The van der Waals surface area contributed by atoms with Crippen molar-refractivity contribution in [2.24, 2.45) is 5.92 Å². The molecular formula is C26H33N5O2. The van der Waals surface area contributed by atoms with Crippen molar-refractivity contribution in [3.8, 4) is 0 Å². The van der Waals surface area contributed by atoms with Gasteiger partial charge in [-0.3, -0.25) is 9.69 Å². The fourth-order valence-corrected chi connectivity index (χ4v) is 5.19. The number of carbonyl (C=O) groups excluding carboxylic acids is 1. The number of aryl methyl sites for hydroxylation is 1. The smallest absolute Gasteiger partial charge is 0.225 e. The van der Waals surface area contributed by atoms with Gasteiger partial charge < -0.3 is 14.6 Å². The summed E-state index contributed by atoms with van der Waals surface area (Å²) in [5.74, 6) is 1.73. The first-order valence-electron chi connectivity index (χ1n) is 12.1. The number of fused-ring (bicyclic) bond motifs is 1. The minimum Gasteiger partial charge on any atom is -0.459 e. The molecule has 0 bridgehead atoms. The highest BCUT2D eigenvalue weighted by Gasteiger charge is 2.40. The van der Waals surface area contributed by atoms with Gasteiger partial charge in [0.25, 0.3) is 0 Å². The van der Waals surface area contributed by atoms with Gasteiger partial charge in [0.05, 0.1) is 18.2 Å². The molecule has 2 aliphatic heterocycles. The van der Waals surface area contributed by atoms with E-state index < -0.39 is 0 Å². The van der Waals surface area contributed by atoms with Crippen LogP contribution in [0.4, 0.5) is 5.95 Å². The van der Waals surface area contributed by atoms with E-state index in [1.54, 1.807) is 0 Å². The van der Waals surface area contributed by atoms with Crippen LogP contribution in [0.3, 0.4) is 0 Å². The number of benzene rings is 1. The van der Waals surface area contributed by atoms with Gasteiger partial charge in [-0.1, -0.05) is 18.2 Å². The van der Waals surface area contributed by atoms with E-state index in [-0.39, 0.29) is 23.8 Å². The molecule has 33 heavy (non-hydrogen) atoms. The number of anilines is 1. The molecule has 2 saturated heterocycles. The maximum atomic E-state index is 13.2. The highest BCUT2D eigenvalue weighted by atomic mass is 16.3. The van der Waals surface area contributed by atoms with Gasteiger partial charge in [-0.15, -0.1) is 0 Å². The molecule has 0 radical (unpaired) electrons. The van der Waals surface area contributed by atoms with E-state index in [0.29, 0.717) is 13.1 Å². The molecular weight excluding hydrogens is 414 g/mol. The van der Waals surface area contributed by atoms with Crippen LogP contribution in [0.15, 0.2) is 40.9 Å². The predicted octanol–water partition coefficient (Wildman–Crippen LogP) is 3.87. The second-order valence-corrected chi connectivity index (χ2v) is 9.69. The summed E-state index contributed by atoms with van der Waals surface area (Å²) in [6.07, 6.45) is 4.21. The fourth-order valence-electron chi connectivity index (χ4n) is 5.19. The number of nitrogens with one attached hydrogen (secondary N) is 1. The molecule has 0 aliphatic carbocycles. The number of para-hydroxylation sites is 1. The number of amides is 1. The molecule has 2 aromatic heterocycles. The summed E-state index contributed by atoms with van der Waals surface area (Å²) < 4.78 is 6.17. The van der Waals surface area contributed by atoms with Crippen molar-refractivity contribution >= 4 is 22.8 Å². The van der Waals surface area contributed by atoms with Crippen molar-refractivity contribution in [3.63, 3.8) is 0 Å². The van der Waals surface area contributed by atoms with Crippen LogP contribution in [0.5, 0.6) is 0 Å². The third-order valence-electron chi connectivity index (χ3n) is 6.91. The second kappa shape index (κ2) is 9.14. The largest absolute Gasteiger partial charge is 0.459 e. The lowest BCUT2D eigenvalue weighted by molar-refractivity contribution is -0.125. The average Bonchev–Trinajstić information content (AvgIpc) is 3.54. The van der Waals surface area contributed by atoms with Gasteiger partial charge in [0.1, 0.15) is 11.3 Å². The number of likely N-dealkylation sites (tertiary alicyclic amines) is 1. The van der Waals surface area contributed by atoms with Crippen molar-refractivity contribution in [3.05, 3.63) is 53.5 Å². The first kappa shape index (κ1) is 21.9. The Morgan fingerprint density at radius 1 is 1.18 bits per heavy atom. The van der Waals surface area contributed by atoms with E-state index in [2.05, 4.69) is 33.1 Å². The SMILES string of the molecule is Cc1c(CN2C[C@H](C(=O)NC(C)C)[C@@H](c3ccnc(N4CCCC4)n3)C2)oc2ccccc12. The Morgan fingerprint density at radius 3 is 2.73 bits per heavy atom. The standard InChI is InChI=1S/C26H33N5O2/c1-17(2)28-25(32)21-15-30(16-24-18(3)19-8-4-5-9-23(19)33-24)14-20(21)22-10-11-27-26(29-22)31-12-6-7-13-31/h4-5,8-11,17,20-21H,6-7,12-16H2,1-3H3,(H,28,32)/t20-,21-/m0/s1. The Balaban J connectivity index is 1.41. The van der Waals surface area contributed by atoms with Gasteiger partial charge in [-0.25, -0.2) is 9.97 Å². The summed E-state index contributed by atoms with van der Waals surface area (Å²) in [5.41, 5.74) is 3.05. The Bertz CT molecular complexity index is 1130. The molecule has 2 atom stereocenters. The highest BCUT2D eigenvalue weighted by Crippen LogP contribution is 2.35. The van der Waals surface area contributed by atoms with E-state index in [1.807, 2.05) is 44.3 Å². The van der Waals surface area contributed by atoms with Crippen LogP contribution in [0.2, 0.25) is 0 Å². The number of hydrogen-bond donors (Lipinski definition) is 1. The monoisotopic (exact) mass is 447 g/mol. The van der Waals surface area contributed by atoms with Crippen molar-refractivity contribution < 1.29 is 9.21 Å². The molecule has 2 aliphatic rings. The molecule has 0 spiro atoms. The summed E-state index contributed by atoms with van der Waals surface area (Å²) in [5, 5.41) is 4.28. The first-order chi connectivity index (χ1) is 16.0. The molecule has 7 nitrogen and oxygen atoms in total. The third-order valence-corrected chi connectivity index (χ3v) is 6.91. The molecule has 2 fully saturated rings. The predicted molar refractivity (Wildman–Crippen MR) is 129 cm³/mol. The number of rotatable bonds is 6. The molecule has 0 saturated carbocycles. The van der Waals surface area contributed by atoms with Crippen molar-refractivity contribution in [1.29, 1.82) is 0 Å². The Morgan fingerprint density at radius 2 is 1.97 bits per heavy atom. The maximum absolute atomic E-state index is 13.2. The second-order valence-electron chi connectivity index (χ2n) is 9.69. The van der Waals surface area contributed by atoms with Crippen LogP contribution in [0.25, 0.3) is 11.0 Å². The lowest BCUT2D eigenvalue weighted by Crippen LogP contribution is -2.38. The zero-order valence-electron chi connectivity index (χ0n) is 19.8. The molecule has 174 valence electrons. The van der Waals surface area contributed by atoms with Gasteiger partial charge in [0.2, 0.25) is 11.9 Å². The zero-order chi connectivity index (χ0) is 22.9. The molecule has 5 rings (SSSR count). The van der Waals surface area contributed by atoms with Crippen LogP contribution < -0.4 is 10.2 Å². The molecule has 0 unspecified atom stereocenters. The molecule has 4 heterocycles. The van der Waals surface area contributed by atoms with Gasteiger partial charge >= 0.3 is 0 Å². The summed E-state index contributed by atoms with van der Waals surface area (Å²) in [4.78, 5) is 27.2. The number of nitrogens with zero attached hydrogens (tertiary/aromatic N) is 4. The van der Waals surface area contributed by atoms with E-state index in [0.717, 1.165) is 48.0 Å². The molecule has 1 N–H and O–H groups in total. The topological polar surface area (TPSA) is 74.5 Å². The summed E-state index contributed by atoms with van der Waals surface area (Å²) >= 11 is 0. The molecule has 1 amide bonds. The molecule has 3 aromatic rings. The first-order valence-corrected chi connectivity index (χ1v) is 12.1. The lowest BCUT2D eigenvalue weighted by Gasteiger charge is -2.21. The minimum atomic E-state index is -0.154. The summed E-state index contributed by atoms with van der Waals surface area (Å²) in [6.45, 7) is 10.3. The van der Waals surface area contributed by atoms with Crippen LogP contribution >= 0.6 is 0 Å². The van der Waals surface area contributed by atoms with Gasteiger partial charge in [0, 0.05) is 49.7 Å². The van der Waals surface area contributed by atoms with E-state index in [1.165, 1.54) is 18.4 Å². The molecule has 1 aromatic carbocycles. The quantitative estimate of drug-likeness (QED) is 0.618. The summed E-state index contributed by atoms with van der Waals surface area (Å²) in [6, 6.07) is 10.2. The van der Waals surface area contributed by atoms with Gasteiger partial charge in [-0.05, 0) is 51.3 Å². The Kier molecular flexibility index (Phi) is 6.06. The van der Waals surface area contributed by atoms with E-state index >= 15 is 0 Å². The van der Waals surface area contributed by atoms with Gasteiger partial charge in [-0.2, -0.15) is 0 Å². The van der Waals surface area contributed by atoms with Crippen LogP contribution in [-0.2, 0) is 11.3 Å². The van der Waals surface area contributed by atoms with Crippen molar-refractivity contribution in [1.82, 2.24) is 20.2 Å². The Hall–Kier alpha value is -2.93. The van der Waals surface area contributed by atoms with Crippen molar-refractivity contribution in [2.75, 3.05) is 31.1 Å². The fraction of sp³-hybridized carbons (Fsp3) is 0.500. The maximum Gasteiger partial charge on any atom is 0.225 e. The highest BCUT2D eigenvalue weighted by molar-refractivity contribution is 5.82. The van der Waals surface area contributed by atoms with Crippen LogP contribution in [0, 0.1) is 12.8 Å². The molecule has 7 heteroatoms.